The van der Waals surface area contributed by atoms with Gasteiger partial charge in [-0.25, -0.2) is 4.98 Å². The van der Waals surface area contributed by atoms with E-state index in [9.17, 15) is 0 Å². The van der Waals surface area contributed by atoms with Crippen LogP contribution in [0.2, 0.25) is 0 Å². The molecule has 0 aliphatic rings. The van der Waals surface area contributed by atoms with Crippen molar-refractivity contribution in [2.45, 2.75) is 6.42 Å². The second kappa shape index (κ2) is 6.56. The summed E-state index contributed by atoms with van der Waals surface area (Å²) in [5.74, 6) is 1.69. The number of anilines is 2. The molecule has 1 heterocycles. The van der Waals surface area contributed by atoms with Gasteiger partial charge in [-0.3, -0.25) is 5.41 Å². The molecule has 0 aliphatic carbocycles. The zero-order valence-electron chi connectivity index (χ0n) is 11.4. The van der Waals surface area contributed by atoms with Crippen molar-refractivity contribution in [3.05, 3.63) is 48.7 Å². The number of methoxy groups -OCH3 is 1. The third-order valence-electron chi connectivity index (χ3n) is 2.91. The first-order chi connectivity index (χ1) is 9.70. The Morgan fingerprint density at radius 3 is 2.55 bits per heavy atom. The summed E-state index contributed by atoms with van der Waals surface area (Å²) in [6.07, 6.45) is 2.17. The molecule has 104 valence electrons. The Morgan fingerprint density at radius 1 is 1.25 bits per heavy atom. The van der Waals surface area contributed by atoms with Gasteiger partial charge in [0.2, 0.25) is 0 Å². The highest BCUT2D eigenvalue weighted by molar-refractivity contribution is 5.78. The number of hydrogen-bond acceptors (Lipinski definition) is 4. The predicted molar refractivity (Wildman–Crippen MR) is 80.8 cm³/mol. The van der Waals surface area contributed by atoms with Crippen molar-refractivity contribution in [2.24, 2.45) is 5.73 Å². The molecule has 0 atom stereocenters. The number of nitrogens with two attached hydrogens (primary N) is 1. The number of rotatable bonds is 6. The molecular formula is C15H18N4O. The Kier molecular flexibility index (Phi) is 4.55. The van der Waals surface area contributed by atoms with E-state index < -0.39 is 0 Å². The normalized spacial score (nSPS) is 10.1. The van der Waals surface area contributed by atoms with Gasteiger partial charge in [-0.2, -0.15) is 0 Å². The minimum atomic E-state index is 0.166. The molecule has 20 heavy (non-hydrogen) atoms. The molecule has 2 aromatic rings. The van der Waals surface area contributed by atoms with Crippen LogP contribution < -0.4 is 15.4 Å². The Bertz CT molecular complexity index is 554. The molecule has 3 N–H and O–H groups in total. The number of aromatic nitrogens is 1. The van der Waals surface area contributed by atoms with Gasteiger partial charge in [0.1, 0.15) is 11.6 Å². The summed E-state index contributed by atoms with van der Waals surface area (Å²) >= 11 is 0. The van der Waals surface area contributed by atoms with Crippen molar-refractivity contribution < 1.29 is 4.74 Å². The third-order valence-corrected chi connectivity index (χ3v) is 2.91. The van der Waals surface area contributed by atoms with Crippen LogP contribution in [-0.2, 0) is 0 Å². The highest BCUT2D eigenvalue weighted by atomic mass is 16.5. The number of pyridine rings is 1. The van der Waals surface area contributed by atoms with Crippen LogP contribution in [0.15, 0.2) is 48.7 Å². The average Bonchev–Trinajstić information content (AvgIpc) is 2.49. The number of benzene rings is 1. The summed E-state index contributed by atoms with van der Waals surface area (Å²) in [6, 6.07) is 13.7. The SMILES string of the molecule is COc1ccc(N(CCC(=N)N)c2ccccc2)nc1. The minimum absolute atomic E-state index is 0.166. The van der Waals surface area contributed by atoms with Crippen LogP contribution in [0.25, 0.3) is 0 Å². The molecule has 0 spiro atoms. The minimum Gasteiger partial charge on any atom is -0.495 e. The molecule has 5 nitrogen and oxygen atoms in total. The van der Waals surface area contributed by atoms with Crippen molar-refractivity contribution in [3.63, 3.8) is 0 Å². The number of nitrogens with zero attached hydrogens (tertiary/aromatic N) is 2. The quantitative estimate of drug-likeness (QED) is 0.625. The van der Waals surface area contributed by atoms with Crippen LogP contribution in [0, 0.1) is 5.41 Å². The number of ether oxygens (including phenoxy) is 1. The molecule has 0 aliphatic heterocycles. The maximum Gasteiger partial charge on any atom is 0.137 e. The fourth-order valence-corrected chi connectivity index (χ4v) is 1.87. The molecule has 0 saturated carbocycles. The highest BCUT2D eigenvalue weighted by Gasteiger charge is 2.10. The Hall–Kier alpha value is -2.56. The lowest BCUT2D eigenvalue weighted by atomic mass is 10.2. The zero-order valence-corrected chi connectivity index (χ0v) is 11.4. The summed E-state index contributed by atoms with van der Waals surface area (Å²) in [5.41, 5.74) is 6.48. The Labute approximate surface area is 118 Å². The molecule has 0 radical (unpaired) electrons. The zero-order chi connectivity index (χ0) is 14.4. The Morgan fingerprint density at radius 2 is 2.00 bits per heavy atom. The summed E-state index contributed by atoms with van der Waals surface area (Å²) in [6.45, 7) is 0.610. The van der Waals surface area contributed by atoms with Crippen LogP contribution in [0.4, 0.5) is 11.5 Å². The van der Waals surface area contributed by atoms with Crippen molar-refractivity contribution in [3.8, 4) is 5.75 Å². The molecule has 5 heteroatoms. The van der Waals surface area contributed by atoms with Crippen molar-refractivity contribution in [1.82, 2.24) is 4.98 Å². The summed E-state index contributed by atoms with van der Waals surface area (Å²) in [7, 11) is 1.61. The highest BCUT2D eigenvalue weighted by Crippen LogP contribution is 2.24. The maximum atomic E-state index is 7.39. The van der Waals surface area contributed by atoms with Crippen molar-refractivity contribution in [1.29, 1.82) is 5.41 Å². The van der Waals surface area contributed by atoms with Crippen molar-refractivity contribution >= 4 is 17.3 Å². The fourth-order valence-electron chi connectivity index (χ4n) is 1.87. The predicted octanol–water partition coefficient (Wildman–Crippen LogP) is 2.55. The molecule has 0 unspecified atom stereocenters. The van der Waals surface area contributed by atoms with Gasteiger partial charge in [-0.15, -0.1) is 0 Å². The monoisotopic (exact) mass is 270 g/mol. The summed E-state index contributed by atoms with van der Waals surface area (Å²) in [5, 5.41) is 7.39. The van der Waals surface area contributed by atoms with E-state index in [1.54, 1.807) is 13.3 Å². The fraction of sp³-hybridized carbons (Fsp3) is 0.200. The van der Waals surface area contributed by atoms with E-state index in [4.69, 9.17) is 15.9 Å². The second-order valence-corrected chi connectivity index (χ2v) is 4.32. The van der Waals surface area contributed by atoms with Crippen LogP contribution >= 0.6 is 0 Å². The maximum absolute atomic E-state index is 7.39. The number of amidine groups is 1. The molecule has 0 amide bonds. The van der Waals surface area contributed by atoms with E-state index in [2.05, 4.69) is 4.98 Å². The molecule has 0 saturated heterocycles. The molecule has 1 aromatic carbocycles. The molecular weight excluding hydrogens is 252 g/mol. The number of hydrogen-bond donors (Lipinski definition) is 2. The van der Waals surface area contributed by atoms with Crippen LogP contribution in [0.1, 0.15) is 6.42 Å². The molecule has 1 aromatic heterocycles. The first-order valence-corrected chi connectivity index (χ1v) is 6.36. The van der Waals surface area contributed by atoms with Gasteiger partial charge in [-0.1, -0.05) is 18.2 Å². The Balaban J connectivity index is 2.27. The van der Waals surface area contributed by atoms with Gasteiger partial charge >= 0.3 is 0 Å². The largest absolute Gasteiger partial charge is 0.495 e. The van der Waals surface area contributed by atoms with Crippen molar-refractivity contribution in [2.75, 3.05) is 18.6 Å². The van der Waals surface area contributed by atoms with E-state index in [1.807, 2.05) is 47.4 Å². The van der Waals surface area contributed by atoms with Gasteiger partial charge in [0.05, 0.1) is 19.1 Å². The number of nitrogens with one attached hydrogen (secondary N) is 1. The van der Waals surface area contributed by atoms with Crippen LogP contribution in [-0.4, -0.2) is 24.5 Å². The number of para-hydroxylation sites is 1. The van der Waals surface area contributed by atoms with E-state index in [1.165, 1.54) is 0 Å². The van der Waals surface area contributed by atoms with Gasteiger partial charge in [0.25, 0.3) is 0 Å². The van der Waals surface area contributed by atoms with Gasteiger partial charge in [0.15, 0.2) is 0 Å². The lowest BCUT2D eigenvalue weighted by molar-refractivity contribution is 0.413. The second-order valence-electron chi connectivity index (χ2n) is 4.32. The summed E-state index contributed by atoms with van der Waals surface area (Å²) < 4.78 is 5.12. The topological polar surface area (TPSA) is 75.2 Å². The van der Waals surface area contributed by atoms with Gasteiger partial charge in [-0.05, 0) is 24.3 Å². The van der Waals surface area contributed by atoms with E-state index in [-0.39, 0.29) is 5.84 Å². The van der Waals surface area contributed by atoms with Gasteiger partial charge in [0, 0.05) is 18.7 Å². The van der Waals surface area contributed by atoms with E-state index in [0.717, 1.165) is 11.5 Å². The molecule has 0 bridgehead atoms. The lowest BCUT2D eigenvalue weighted by Crippen LogP contribution is -2.24. The standard InChI is InChI=1S/C15H18N4O/c1-20-13-7-8-15(18-11-13)19(10-9-14(16)17)12-5-3-2-4-6-12/h2-8,11H,9-10H2,1H3,(H3,16,17). The molecule has 0 fully saturated rings. The van der Waals surface area contributed by atoms with Gasteiger partial charge < -0.3 is 15.4 Å². The van der Waals surface area contributed by atoms with Crippen LogP contribution in [0.3, 0.4) is 0 Å². The van der Waals surface area contributed by atoms with E-state index in [0.29, 0.717) is 18.7 Å². The van der Waals surface area contributed by atoms with Crippen LogP contribution in [0.5, 0.6) is 5.75 Å². The average molecular weight is 270 g/mol. The smallest absolute Gasteiger partial charge is 0.137 e. The first-order valence-electron chi connectivity index (χ1n) is 6.36. The van der Waals surface area contributed by atoms with E-state index >= 15 is 0 Å². The lowest BCUT2D eigenvalue weighted by Gasteiger charge is -2.23. The first kappa shape index (κ1) is 13.9. The third kappa shape index (κ3) is 3.47. The summed E-state index contributed by atoms with van der Waals surface area (Å²) in [4.78, 5) is 6.42. The molecule has 2 rings (SSSR count).